The Labute approximate surface area is 147 Å². The van der Waals surface area contributed by atoms with Gasteiger partial charge in [0, 0.05) is 0 Å². The summed E-state index contributed by atoms with van der Waals surface area (Å²) >= 11 is 2.03. The van der Waals surface area contributed by atoms with Crippen LogP contribution in [0.3, 0.4) is 0 Å². The third-order valence-corrected chi connectivity index (χ3v) is 5.44. The van der Waals surface area contributed by atoms with Crippen molar-refractivity contribution >= 4 is 59.3 Å². The van der Waals surface area contributed by atoms with Gasteiger partial charge in [0.2, 0.25) is 0 Å². The van der Waals surface area contributed by atoms with Crippen molar-refractivity contribution in [1.29, 1.82) is 0 Å². The molecule has 2 aromatic heterocycles. The largest absolute Gasteiger partial charge is 0.472 e. The Bertz CT molecular complexity index is 947. The number of nitrogens with zero attached hydrogens (tertiary/aromatic N) is 3. The molecular formula is C16H8F3N3OS2. The smallest absolute Gasteiger partial charge is 0.263 e. The lowest BCUT2D eigenvalue weighted by atomic mass is 10.3. The predicted octanol–water partition coefficient (Wildman–Crippen LogP) is 5.13. The van der Waals surface area contributed by atoms with E-state index in [-0.39, 0.29) is 10.3 Å². The van der Waals surface area contributed by atoms with Crippen molar-refractivity contribution in [2.75, 3.05) is 4.90 Å². The molecule has 9 heteroatoms. The molecule has 0 aliphatic heterocycles. The molecule has 4 rings (SSSR count). The minimum absolute atomic E-state index is 0.0532. The Balaban J connectivity index is 1.90. The second-order valence-electron chi connectivity index (χ2n) is 5.07. The van der Waals surface area contributed by atoms with Crippen LogP contribution in [0.25, 0.3) is 20.4 Å². The summed E-state index contributed by atoms with van der Waals surface area (Å²) in [5.74, 6) is -2.01. The lowest BCUT2D eigenvalue weighted by molar-refractivity contribution is -0.169. The first-order chi connectivity index (χ1) is 11.9. The van der Waals surface area contributed by atoms with Crippen molar-refractivity contribution in [3.8, 4) is 0 Å². The number of hydrogen-bond acceptors (Lipinski definition) is 5. The number of rotatable bonds is 2. The van der Waals surface area contributed by atoms with Crippen molar-refractivity contribution in [1.82, 2.24) is 9.97 Å². The zero-order valence-electron chi connectivity index (χ0n) is 12.3. The van der Waals surface area contributed by atoms with Crippen LogP contribution >= 0.6 is 22.7 Å². The number of carbonyl (C=O) groups is 1. The molecule has 0 radical (unpaired) electrons. The van der Waals surface area contributed by atoms with Gasteiger partial charge in [-0.1, -0.05) is 46.9 Å². The number of fused-ring (bicyclic) bond motifs is 2. The molecule has 25 heavy (non-hydrogen) atoms. The van der Waals surface area contributed by atoms with E-state index in [9.17, 15) is 18.0 Å². The number of aromatic nitrogens is 2. The standard InChI is InChI=1S/C16H8F3N3OS2/c17-16(18,19)13(23)22(14-20-9-5-1-3-7-11(9)24-14)15-21-10-6-2-4-8-12(10)25-15/h1-8H. The summed E-state index contributed by atoms with van der Waals surface area (Å²) in [5.41, 5.74) is 1.06. The number of halogens is 3. The van der Waals surface area contributed by atoms with Crippen molar-refractivity contribution in [3.05, 3.63) is 48.5 Å². The SMILES string of the molecule is O=C(N(c1nc2ccccc2s1)c1nc2ccccc2s1)C(F)(F)F. The highest BCUT2D eigenvalue weighted by molar-refractivity contribution is 7.24. The summed E-state index contributed by atoms with van der Waals surface area (Å²) in [6, 6.07) is 13.8. The van der Waals surface area contributed by atoms with Crippen molar-refractivity contribution < 1.29 is 18.0 Å². The molecule has 0 aliphatic carbocycles. The normalized spacial score (nSPS) is 12.0. The zero-order chi connectivity index (χ0) is 17.6. The summed E-state index contributed by atoms with van der Waals surface area (Å²) < 4.78 is 40.8. The summed E-state index contributed by atoms with van der Waals surface area (Å²) in [4.78, 5) is 21.0. The first-order valence-electron chi connectivity index (χ1n) is 7.06. The van der Waals surface area contributed by atoms with Gasteiger partial charge in [-0.2, -0.15) is 13.2 Å². The zero-order valence-corrected chi connectivity index (χ0v) is 14.0. The topological polar surface area (TPSA) is 46.1 Å². The highest BCUT2D eigenvalue weighted by Crippen LogP contribution is 2.39. The molecule has 0 aliphatic rings. The predicted molar refractivity (Wildman–Crippen MR) is 92.4 cm³/mol. The van der Waals surface area contributed by atoms with Gasteiger partial charge in [0.15, 0.2) is 10.3 Å². The van der Waals surface area contributed by atoms with Gasteiger partial charge < -0.3 is 0 Å². The third kappa shape index (κ3) is 2.85. The second kappa shape index (κ2) is 5.78. The molecule has 4 aromatic rings. The quantitative estimate of drug-likeness (QED) is 0.485. The summed E-state index contributed by atoms with van der Waals surface area (Å²) in [5, 5.41) is -0.106. The van der Waals surface area contributed by atoms with E-state index >= 15 is 0 Å². The molecule has 0 fully saturated rings. The number of anilines is 2. The maximum atomic E-state index is 13.1. The van der Waals surface area contributed by atoms with Crippen LogP contribution in [0, 0.1) is 0 Å². The molecule has 0 saturated carbocycles. The Hall–Kier alpha value is -2.52. The van der Waals surface area contributed by atoms with E-state index in [0.29, 0.717) is 25.3 Å². The van der Waals surface area contributed by atoms with E-state index in [2.05, 4.69) is 9.97 Å². The van der Waals surface area contributed by atoms with Crippen molar-refractivity contribution in [2.45, 2.75) is 6.18 Å². The number of benzene rings is 2. The number of alkyl halides is 3. The fourth-order valence-corrected chi connectivity index (χ4v) is 4.28. The first kappa shape index (κ1) is 16.0. The lowest BCUT2D eigenvalue weighted by Crippen LogP contribution is -2.38. The van der Waals surface area contributed by atoms with Crippen LogP contribution in [0.2, 0.25) is 0 Å². The minimum atomic E-state index is -5.03. The number of thiazole rings is 2. The maximum Gasteiger partial charge on any atom is 0.472 e. The Morgan fingerprint density at radius 3 is 1.68 bits per heavy atom. The molecule has 0 spiro atoms. The molecule has 0 atom stereocenters. The Kier molecular flexibility index (Phi) is 3.69. The van der Waals surface area contributed by atoms with E-state index in [1.54, 1.807) is 48.5 Å². The number of para-hydroxylation sites is 2. The third-order valence-electron chi connectivity index (χ3n) is 3.39. The molecule has 0 bridgehead atoms. The second-order valence-corrected chi connectivity index (χ2v) is 7.08. The van der Waals surface area contributed by atoms with Crippen LogP contribution in [0.4, 0.5) is 23.4 Å². The fraction of sp³-hybridized carbons (Fsp3) is 0.0625. The van der Waals surface area contributed by atoms with Crippen LogP contribution in [0.5, 0.6) is 0 Å². The van der Waals surface area contributed by atoms with E-state index < -0.39 is 12.1 Å². The van der Waals surface area contributed by atoms with Crippen molar-refractivity contribution in [3.63, 3.8) is 0 Å². The van der Waals surface area contributed by atoms with Gasteiger partial charge in [-0.05, 0) is 24.3 Å². The van der Waals surface area contributed by atoms with Crippen LogP contribution in [-0.2, 0) is 4.79 Å². The van der Waals surface area contributed by atoms with Gasteiger partial charge in [-0.3, -0.25) is 4.79 Å². The molecule has 0 unspecified atom stereocenters. The number of amides is 1. The monoisotopic (exact) mass is 379 g/mol. The van der Waals surface area contributed by atoms with E-state index in [4.69, 9.17) is 0 Å². The van der Waals surface area contributed by atoms with Crippen LogP contribution < -0.4 is 4.90 Å². The summed E-state index contributed by atoms with van der Waals surface area (Å²) in [7, 11) is 0. The first-order valence-corrected chi connectivity index (χ1v) is 8.69. The fourth-order valence-electron chi connectivity index (χ4n) is 2.29. The van der Waals surface area contributed by atoms with Crippen LogP contribution in [0.15, 0.2) is 48.5 Å². The van der Waals surface area contributed by atoms with Crippen LogP contribution in [0.1, 0.15) is 0 Å². The molecule has 0 saturated heterocycles. The van der Waals surface area contributed by atoms with Gasteiger partial charge in [0.1, 0.15) is 0 Å². The average molecular weight is 379 g/mol. The Morgan fingerprint density at radius 1 is 0.840 bits per heavy atom. The van der Waals surface area contributed by atoms with Gasteiger partial charge in [-0.25, -0.2) is 14.9 Å². The highest BCUT2D eigenvalue weighted by atomic mass is 32.1. The van der Waals surface area contributed by atoms with Gasteiger partial charge in [-0.15, -0.1) is 0 Å². The highest BCUT2D eigenvalue weighted by Gasteiger charge is 2.45. The lowest BCUT2D eigenvalue weighted by Gasteiger charge is -2.17. The van der Waals surface area contributed by atoms with Crippen LogP contribution in [-0.4, -0.2) is 22.1 Å². The molecular weight excluding hydrogens is 371 g/mol. The maximum absolute atomic E-state index is 13.1. The number of hydrogen-bond donors (Lipinski definition) is 0. The molecule has 4 nitrogen and oxygen atoms in total. The van der Waals surface area contributed by atoms with E-state index in [1.807, 2.05) is 0 Å². The van der Waals surface area contributed by atoms with Gasteiger partial charge in [0.25, 0.3) is 0 Å². The molecule has 0 N–H and O–H groups in total. The molecule has 1 amide bonds. The Morgan fingerprint density at radius 2 is 1.28 bits per heavy atom. The molecule has 2 heterocycles. The minimum Gasteiger partial charge on any atom is -0.263 e. The van der Waals surface area contributed by atoms with E-state index in [1.165, 1.54) is 0 Å². The van der Waals surface area contributed by atoms with Gasteiger partial charge >= 0.3 is 12.1 Å². The number of carbonyl (C=O) groups excluding carboxylic acids is 1. The average Bonchev–Trinajstić information content (AvgIpc) is 3.17. The van der Waals surface area contributed by atoms with Gasteiger partial charge in [0.05, 0.1) is 20.4 Å². The molecule has 126 valence electrons. The van der Waals surface area contributed by atoms with Crippen molar-refractivity contribution in [2.24, 2.45) is 0 Å². The van der Waals surface area contributed by atoms with E-state index in [0.717, 1.165) is 22.7 Å². The summed E-state index contributed by atoms with van der Waals surface area (Å²) in [6.07, 6.45) is -5.03. The summed E-state index contributed by atoms with van der Waals surface area (Å²) in [6.45, 7) is 0. The molecule has 2 aromatic carbocycles.